The molecule has 2 N–H and O–H groups in total. The summed E-state index contributed by atoms with van der Waals surface area (Å²) in [5, 5.41) is 21.1. The summed E-state index contributed by atoms with van der Waals surface area (Å²) in [6, 6.07) is 0. The molecule has 0 aromatic rings. The monoisotopic (exact) mass is 306 g/mol. The Kier molecular flexibility index (Phi) is 4.52. The van der Waals surface area contributed by atoms with Crippen LogP contribution >= 0.6 is 0 Å². The first-order chi connectivity index (χ1) is 10.7. The molecule has 8 atom stereocenters. The fraction of sp³-hybridized carbons (Fsp3) is 1.00. The second-order valence-electron chi connectivity index (χ2n) is 8.92. The Morgan fingerprint density at radius 1 is 0.545 bits per heavy atom. The molecule has 0 amide bonds. The number of rotatable bonds is 1. The predicted molar refractivity (Wildman–Crippen MR) is 88.4 cm³/mol. The normalized spacial score (nSPS) is 52.6. The largest absolute Gasteiger partial charge is 0.393 e. The molecule has 0 spiro atoms. The lowest BCUT2D eigenvalue weighted by Crippen LogP contribution is -2.49. The van der Waals surface area contributed by atoms with E-state index in [-0.39, 0.29) is 12.2 Å². The van der Waals surface area contributed by atoms with Crippen LogP contribution in [-0.2, 0) is 0 Å². The minimum Gasteiger partial charge on any atom is -0.393 e. The molecule has 0 bridgehead atoms. The van der Waals surface area contributed by atoms with E-state index >= 15 is 0 Å². The Labute approximate surface area is 135 Å². The maximum atomic E-state index is 10.9. The van der Waals surface area contributed by atoms with Gasteiger partial charge in [0.05, 0.1) is 12.2 Å². The number of fused-ring (bicyclic) bond motifs is 2. The van der Waals surface area contributed by atoms with Crippen LogP contribution in [0.15, 0.2) is 0 Å². The Morgan fingerprint density at radius 3 is 2.14 bits per heavy atom. The van der Waals surface area contributed by atoms with Crippen LogP contribution in [0, 0.1) is 35.5 Å². The van der Waals surface area contributed by atoms with E-state index in [4.69, 9.17) is 0 Å². The van der Waals surface area contributed by atoms with Gasteiger partial charge in [-0.25, -0.2) is 0 Å². The third-order valence-electron chi connectivity index (χ3n) is 7.92. The molecule has 0 aromatic carbocycles. The lowest BCUT2D eigenvalue weighted by Gasteiger charge is -2.53. The summed E-state index contributed by atoms with van der Waals surface area (Å²) >= 11 is 0. The predicted octanol–water partition coefficient (Wildman–Crippen LogP) is 4.14. The van der Waals surface area contributed by atoms with E-state index in [1.165, 1.54) is 57.8 Å². The number of aliphatic hydroxyl groups is 2. The molecule has 0 saturated heterocycles. The van der Waals surface area contributed by atoms with Crippen LogP contribution < -0.4 is 0 Å². The maximum Gasteiger partial charge on any atom is 0.0574 e. The third kappa shape index (κ3) is 2.75. The summed E-state index contributed by atoms with van der Waals surface area (Å²) in [5.41, 5.74) is 0. The van der Waals surface area contributed by atoms with Crippen molar-refractivity contribution in [3.05, 3.63) is 0 Å². The Bertz CT molecular complexity index is 382. The average Bonchev–Trinajstić information content (AvgIpc) is 2.54. The van der Waals surface area contributed by atoms with Crippen molar-refractivity contribution in [1.82, 2.24) is 0 Å². The highest BCUT2D eigenvalue weighted by Gasteiger charge is 2.48. The van der Waals surface area contributed by atoms with Crippen LogP contribution in [0.4, 0.5) is 0 Å². The second kappa shape index (κ2) is 6.43. The van der Waals surface area contributed by atoms with E-state index in [1.54, 1.807) is 0 Å². The zero-order valence-corrected chi connectivity index (χ0v) is 14.0. The average molecular weight is 306 g/mol. The lowest BCUT2D eigenvalue weighted by atomic mass is 9.53. The molecule has 4 fully saturated rings. The van der Waals surface area contributed by atoms with Crippen LogP contribution in [0.3, 0.4) is 0 Å². The van der Waals surface area contributed by atoms with Gasteiger partial charge in [-0.2, -0.15) is 0 Å². The number of aliphatic hydroxyl groups excluding tert-OH is 2. The highest BCUT2D eigenvalue weighted by molar-refractivity contribution is 4.98. The molecule has 0 radical (unpaired) electrons. The highest BCUT2D eigenvalue weighted by Crippen LogP contribution is 2.54. The smallest absolute Gasteiger partial charge is 0.0574 e. The third-order valence-corrected chi connectivity index (χ3v) is 7.92. The van der Waals surface area contributed by atoms with Crippen LogP contribution in [0.25, 0.3) is 0 Å². The molecule has 4 aliphatic rings. The first-order valence-electron chi connectivity index (χ1n) is 10.1. The highest BCUT2D eigenvalue weighted by atomic mass is 16.3. The number of hydrogen-bond donors (Lipinski definition) is 2. The van der Waals surface area contributed by atoms with Gasteiger partial charge in [0.2, 0.25) is 0 Å². The molecule has 2 nitrogen and oxygen atoms in total. The summed E-state index contributed by atoms with van der Waals surface area (Å²) in [4.78, 5) is 0. The molecule has 4 saturated carbocycles. The quantitative estimate of drug-likeness (QED) is 0.764. The van der Waals surface area contributed by atoms with Gasteiger partial charge in [0.1, 0.15) is 0 Å². The Morgan fingerprint density at radius 2 is 1.23 bits per heavy atom. The molecule has 126 valence electrons. The van der Waals surface area contributed by atoms with E-state index in [1.807, 2.05) is 0 Å². The summed E-state index contributed by atoms with van der Waals surface area (Å²) in [7, 11) is 0. The van der Waals surface area contributed by atoms with Gasteiger partial charge in [0.25, 0.3) is 0 Å². The van der Waals surface area contributed by atoms with Crippen molar-refractivity contribution in [3.8, 4) is 0 Å². The maximum absolute atomic E-state index is 10.9. The molecule has 0 aliphatic heterocycles. The summed E-state index contributed by atoms with van der Waals surface area (Å²) in [6.07, 6.45) is 15.1. The van der Waals surface area contributed by atoms with E-state index in [2.05, 4.69) is 0 Å². The van der Waals surface area contributed by atoms with Crippen molar-refractivity contribution in [3.63, 3.8) is 0 Å². The van der Waals surface area contributed by atoms with E-state index < -0.39 is 0 Å². The zero-order chi connectivity index (χ0) is 15.1. The molecule has 2 heteroatoms. The van der Waals surface area contributed by atoms with Gasteiger partial charge >= 0.3 is 0 Å². The molecule has 4 rings (SSSR count). The number of hydrogen-bond acceptors (Lipinski definition) is 2. The molecular weight excluding hydrogens is 272 g/mol. The summed E-state index contributed by atoms with van der Waals surface area (Å²) < 4.78 is 0. The van der Waals surface area contributed by atoms with Crippen molar-refractivity contribution in [1.29, 1.82) is 0 Å². The van der Waals surface area contributed by atoms with Gasteiger partial charge in [-0.05, 0) is 80.5 Å². The molecule has 8 unspecified atom stereocenters. The molecule has 22 heavy (non-hydrogen) atoms. The van der Waals surface area contributed by atoms with Crippen LogP contribution in [0.5, 0.6) is 0 Å². The first-order valence-corrected chi connectivity index (χ1v) is 10.1. The zero-order valence-electron chi connectivity index (χ0n) is 14.0. The first kappa shape index (κ1) is 15.4. The van der Waals surface area contributed by atoms with Crippen LogP contribution in [0.1, 0.15) is 77.0 Å². The van der Waals surface area contributed by atoms with E-state index in [0.29, 0.717) is 17.8 Å². The summed E-state index contributed by atoms with van der Waals surface area (Å²) in [6.45, 7) is 0. The Balaban J connectivity index is 1.57. The molecular formula is C20H34O2. The van der Waals surface area contributed by atoms with Gasteiger partial charge in [0.15, 0.2) is 0 Å². The van der Waals surface area contributed by atoms with Crippen molar-refractivity contribution in [2.75, 3.05) is 0 Å². The van der Waals surface area contributed by atoms with Crippen molar-refractivity contribution < 1.29 is 10.2 Å². The van der Waals surface area contributed by atoms with Crippen molar-refractivity contribution >= 4 is 0 Å². The Hall–Kier alpha value is -0.0800. The molecule has 0 aromatic heterocycles. The topological polar surface area (TPSA) is 40.5 Å². The fourth-order valence-corrected chi connectivity index (χ4v) is 7.00. The minimum atomic E-state index is -0.0651. The van der Waals surface area contributed by atoms with Crippen molar-refractivity contribution in [2.24, 2.45) is 35.5 Å². The van der Waals surface area contributed by atoms with E-state index in [0.717, 1.165) is 37.0 Å². The molecule has 0 heterocycles. The standard InChI is InChI=1S/C20H34O2/c21-15-10-8-14-5-3-7-17(18(14)12-15)20-16-6-2-1-4-13(16)9-11-19(20)22/h13-22H,1-12H2. The van der Waals surface area contributed by atoms with Gasteiger partial charge in [-0.3, -0.25) is 0 Å². The lowest BCUT2D eigenvalue weighted by molar-refractivity contribution is -0.0908. The van der Waals surface area contributed by atoms with E-state index in [9.17, 15) is 10.2 Å². The molecule has 4 aliphatic carbocycles. The fourth-order valence-electron chi connectivity index (χ4n) is 7.00. The second-order valence-corrected chi connectivity index (χ2v) is 8.92. The van der Waals surface area contributed by atoms with Gasteiger partial charge in [-0.1, -0.05) is 32.1 Å². The van der Waals surface area contributed by atoms with Crippen LogP contribution in [-0.4, -0.2) is 22.4 Å². The SMILES string of the molecule is OC1CCC2CCCC(C3C(O)CCC4CCCCC43)C2C1. The van der Waals surface area contributed by atoms with Crippen LogP contribution in [0.2, 0.25) is 0 Å². The minimum absolute atomic E-state index is 0.0535. The van der Waals surface area contributed by atoms with Gasteiger partial charge in [0, 0.05) is 0 Å². The van der Waals surface area contributed by atoms with Gasteiger partial charge in [-0.15, -0.1) is 0 Å². The van der Waals surface area contributed by atoms with Gasteiger partial charge < -0.3 is 10.2 Å². The summed E-state index contributed by atoms with van der Waals surface area (Å²) in [5.74, 6) is 4.50. The van der Waals surface area contributed by atoms with Crippen molar-refractivity contribution in [2.45, 2.75) is 89.3 Å².